The van der Waals surface area contributed by atoms with Crippen molar-refractivity contribution in [1.82, 2.24) is 10.4 Å². The van der Waals surface area contributed by atoms with E-state index in [2.05, 4.69) is 23.3 Å². The van der Waals surface area contributed by atoms with Crippen molar-refractivity contribution in [2.75, 3.05) is 26.2 Å². The van der Waals surface area contributed by atoms with Gasteiger partial charge in [0.15, 0.2) is 0 Å². The molecule has 0 radical (unpaired) electrons. The summed E-state index contributed by atoms with van der Waals surface area (Å²) in [5, 5.41) is 6.32. The molecule has 5 amide bonds. The van der Waals surface area contributed by atoms with Crippen LogP contribution in [-0.2, 0) is 33.6 Å². The van der Waals surface area contributed by atoms with Gasteiger partial charge in [-0.1, -0.05) is 25.0 Å². The fourth-order valence-corrected chi connectivity index (χ4v) is 2.64. The predicted molar refractivity (Wildman–Crippen MR) is 154 cm³/mol. The van der Waals surface area contributed by atoms with Crippen LogP contribution in [0, 0.1) is 0 Å². The molecule has 0 bridgehead atoms. The molecule has 1 aliphatic heterocycles. The molecule has 1 saturated heterocycles. The number of rotatable bonds is 16. The highest BCUT2D eigenvalue weighted by atomic mass is 16.7. The van der Waals surface area contributed by atoms with Crippen molar-refractivity contribution in [3.8, 4) is 0 Å². The summed E-state index contributed by atoms with van der Waals surface area (Å²) in [7, 11) is 0. The molecule has 1 rings (SSSR count). The Labute approximate surface area is 240 Å². The molecule has 0 aromatic rings. The second-order valence-electron chi connectivity index (χ2n) is 8.30. The van der Waals surface area contributed by atoms with E-state index < -0.39 is 17.8 Å². The lowest BCUT2D eigenvalue weighted by Crippen LogP contribution is -2.82. The molecule has 232 valence electrons. The topological polar surface area (TPSA) is 186 Å². The molecule has 12 heteroatoms. The lowest BCUT2D eigenvalue weighted by Gasteiger charge is -2.09. The highest BCUT2D eigenvalue weighted by molar-refractivity contribution is 6.01. The van der Waals surface area contributed by atoms with Crippen LogP contribution in [0.1, 0.15) is 91.9 Å². The molecule has 12 nitrogen and oxygen atoms in total. The van der Waals surface area contributed by atoms with E-state index in [0.717, 1.165) is 71.6 Å². The molecule has 0 saturated carbocycles. The monoisotopic (exact) mass is 571 g/mol. The molecule has 7 N–H and O–H groups in total. The van der Waals surface area contributed by atoms with Gasteiger partial charge in [0, 0.05) is 33.2 Å². The standard InChI is InChI=1S/C9H18N2O2.C7H16N2O.C6H7NO4.2C3H6/c1-9(13)11-7-5-3-2-4-6-10-8-12;8-5-3-1-2-4-6-9-7-10;1-4(8)11-7-5(9)2-3-6(7)10;2*1-3-2/h2-7,10H2,1H3,(H,11,13);1-6,8-9H2;2-3H2,1H3;2*3H,1H2,2H3. The van der Waals surface area contributed by atoms with Crippen LogP contribution < -0.4 is 21.7 Å². The van der Waals surface area contributed by atoms with Crippen LogP contribution in [0.25, 0.3) is 0 Å². The maximum absolute atomic E-state index is 10.7. The first kappa shape index (κ1) is 43.8. The van der Waals surface area contributed by atoms with Gasteiger partial charge in [0.25, 0.3) is 11.8 Å². The quantitative estimate of drug-likeness (QED) is 0.0889. The average molecular weight is 572 g/mol. The van der Waals surface area contributed by atoms with E-state index in [4.69, 9.17) is 5.73 Å². The Morgan fingerprint density at radius 2 is 1.27 bits per heavy atom. The molecule has 1 heterocycles. The zero-order valence-electron chi connectivity index (χ0n) is 25.0. The molecule has 0 unspecified atom stereocenters. The zero-order chi connectivity index (χ0) is 31.4. The van der Waals surface area contributed by atoms with Gasteiger partial charge in [0.05, 0.1) is 13.1 Å². The van der Waals surface area contributed by atoms with E-state index >= 15 is 0 Å². The maximum atomic E-state index is 10.7. The minimum absolute atomic E-state index is 0.0314. The number of nitrogens with one attached hydrogen (secondary N) is 1. The van der Waals surface area contributed by atoms with E-state index in [1.807, 2.05) is 13.8 Å². The van der Waals surface area contributed by atoms with Gasteiger partial charge in [-0.05, 0) is 71.7 Å². The SMILES string of the molecule is C=CC.C=CC.CC(=O)NCCCCCC[NH2+][C-]=O.CC(=O)ON1C(=O)CCC1=O.NCCCCCC[NH2+][C-]=O. The molecule has 1 fully saturated rings. The number of quaternary nitrogens is 2. The molecule has 0 aromatic heterocycles. The average Bonchev–Trinajstić information content (AvgIpc) is 3.21. The minimum atomic E-state index is -0.659. The number of allylic oxidation sites excluding steroid dienone is 2. The number of nitrogens with two attached hydrogens (primary N) is 3. The van der Waals surface area contributed by atoms with E-state index in [-0.39, 0.29) is 18.7 Å². The first-order chi connectivity index (χ1) is 19.1. The number of amides is 5. The largest absolute Gasteiger partial charge is 0.475 e. The number of primary amides is 2. The second-order valence-corrected chi connectivity index (χ2v) is 8.30. The Bertz CT molecular complexity index is 666. The molecule has 0 aliphatic carbocycles. The Morgan fingerprint density at radius 1 is 0.875 bits per heavy atom. The van der Waals surface area contributed by atoms with Gasteiger partial charge < -0.3 is 36.1 Å². The lowest BCUT2D eigenvalue weighted by atomic mass is 10.2. The lowest BCUT2D eigenvalue weighted by molar-refractivity contribution is -0.538. The highest BCUT2D eigenvalue weighted by Gasteiger charge is 2.31. The zero-order valence-corrected chi connectivity index (χ0v) is 25.0. The number of carbonyl (C=O) groups is 4. The second kappa shape index (κ2) is 37.9. The Kier molecular flexibility index (Phi) is 41.6. The van der Waals surface area contributed by atoms with Crippen molar-refractivity contribution in [2.45, 2.75) is 91.9 Å². The smallest absolute Gasteiger partial charge is 0.330 e. The van der Waals surface area contributed by atoms with E-state index in [0.29, 0.717) is 5.06 Å². The van der Waals surface area contributed by atoms with Crippen LogP contribution in [-0.4, -0.2) is 67.8 Å². The van der Waals surface area contributed by atoms with Crippen molar-refractivity contribution < 1.29 is 44.2 Å². The fourth-order valence-electron chi connectivity index (χ4n) is 2.64. The third-order valence-corrected chi connectivity index (χ3v) is 4.34. The summed E-state index contributed by atoms with van der Waals surface area (Å²) in [5.41, 5.74) is 5.30. The van der Waals surface area contributed by atoms with Crippen LogP contribution in [0.4, 0.5) is 0 Å². The third kappa shape index (κ3) is 41.9. The van der Waals surface area contributed by atoms with E-state index in [1.54, 1.807) is 30.3 Å². The van der Waals surface area contributed by atoms with Crippen molar-refractivity contribution in [2.24, 2.45) is 5.73 Å². The molecule has 0 spiro atoms. The summed E-state index contributed by atoms with van der Waals surface area (Å²) in [6.45, 7) is 16.4. The molecule has 0 atom stereocenters. The van der Waals surface area contributed by atoms with Gasteiger partial charge in [0.1, 0.15) is 0 Å². The number of unbranched alkanes of at least 4 members (excludes halogenated alkanes) is 6. The molecular weight excluding hydrogens is 518 g/mol. The van der Waals surface area contributed by atoms with Gasteiger partial charge in [0.2, 0.25) is 5.91 Å². The summed E-state index contributed by atoms with van der Waals surface area (Å²) in [6.07, 6.45) is 16.1. The number of hydrogen-bond donors (Lipinski definition) is 4. The van der Waals surface area contributed by atoms with Crippen molar-refractivity contribution >= 4 is 36.5 Å². The Balaban J connectivity index is -0.000000222. The van der Waals surface area contributed by atoms with E-state index in [1.165, 1.54) is 25.1 Å². The Hall–Kier alpha value is -3.22. The maximum Gasteiger partial charge on any atom is 0.330 e. The number of nitrogens with zero attached hydrogens (tertiary/aromatic N) is 1. The number of hydroxylamine groups is 2. The number of imide groups is 1. The summed E-state index contributed by atoms with van der Waals surface area (Å²) in [4.78, 5) is 66.1. The van der Waals surface area contributed by atoms with Gasteiger partial charge in [-0.15, -0.1) is 18.2 Å². The van der Waals surface area contributed by atoms with Crippen LogP contribution >= 0.6 is 0 Å². The summed E-state index contributed by atoms with van der Waals surface area (Å²) >= 11 is 0. The van der Waals surface area contributed by atoms with Crippen LogP contribution in [0.2, 0.25) is 0 Å². The summed E-state index contributed by atoms with van der Waals surface area (Å²) in [6, 6.07) is 0. The third-order valence-electron chi connectivity index (χ3n) is 4.34. The number of carbonyl (C=O) groups excluding carboxylic acids is 6. The predicted octanol–water partition coefficient (Wildman–Crippen LogP) is 0.448. The molecule has 40 heavy (non-hydrogen) atoms. The normalized spacial score (nSPS) is 11.0. The molecular formula is C28H53N5O7. The van der Waals surface area contributed by atoms with Gasteiger partial charge in [-0.25, -0.2) is 4.79 Å². The molecule has 1 aliphatic rings. The van der Waals surface area contributed by atoms with Gasteiger partial charge in [-0.2, -0.15) is 0 Å². The summed E-state index contributed by atoms with van der Waals surface area (Å²) in [5.74, 6) is -1.53. The molecule has 0 aromatic carbocycles. The van der Waals surface area contributed by atoms with Crippen molar-refractivity contribution in [1.29, 1.82) is 0 Å². The van der Waals surface area contributed by atoms with Crippen LogP contribution in [0.5, 0.6) is 0 Å². The van der Waals surface area contributed by atoms with Crippen molar-refractivity contribution in [3.05, 3.63) is 25.3 Å². The summed E-state index contributed by atoms with van der Waals surface area (Å²) < 4.78 is 0. The first-order valence-electron chi connectivity index (χ1n) is 13.6. The van der Waals surface area contributed by atoms with Crippen LogP contribution in [0.3, 0.4) is 0 Å². The highest BCUT2D eigenvalue weighted by Crippen LogP contribution is 2.11. The fraction of sp³-hybridized carbons (Fsp3) is 0.643. The van der Waals surface area contributed by atoms with E-state index in [9.17, 15) is 28.8 Å². The first-order valence-corrected chi connectivity index (χ1v) is 13.6. The minimum Gasteiger partial charge on any atom is -0.475 e. The number of hydrogen-bond acceptors (Lipinski definition) is 8. The van der Waals surface area contributed by atoms with Gasteiger partial charge >= 0.3 is 5.97 Å². The van der Waals surface area contributed by atoms with Crippen molar-refractivity contribution in [3.63, 3.8) is 0 Å². The Morgan fingerprint density at radius 3 is 1.62 bits per heavy atom. The van der Waals surface area contributed by atoms with Gasteiger partial charge in [-0.3, -0.25) is 14.4 Å². The van der Waals surface area contributed by atoms with Crippen LogP contribution in [0.15, 0.2) is 25.3 Å².